The van der Waals surface area contributed by atoms with Gasteiger partial charge < -0.3 is 10.2 Å². The van der Waals surface area contributed by atoms with Crippen LogP contribution in [0.3, 0.4) is 0 Å². The van der Waals surface area contributed by atoms with Crippen LogP contribution in [-0.2, 0) is 4.79 Å². The number of amides is 1. The average Bonchev–Trinajstić information content (AvgIpc) is 2.24. The van der Waals surface area contributed by atoms with Gasteiger partial charge in [-0.3, -0.25) is 4.79 Å². The molecule has 0 aliphatic carbocycles. The molecule has 1 aromatic rings. The Morgan fingerprint density at radius 3 is 3.07 bits per heavy atom. The number of aromatic nitrogens is 1. The zero-order valence-electron chi connectivity index (χ0n) is 8.40. The zero-order valence-corrected chi connectivity index (χ0v) is 9.99. The molecular formula is C10H12BrN3O. The van der Waals surface area contributed by atoms with Crippen molar-refractivity contribution in [2.75, 3.05) is 18.0 Å². The molecule has 15 heavy (non-hydrogen) atoms. The normalized spacial score (nSPS) is 21.3. The molecule has 1 fully saturated rings. The van der Waals surface area contributed by atoms with Crippen molar-refractivity contribution in [3.05, 3.63) is 22.8 Å². The molecule has 1 aliphatic rings. The van der Waals surface area contributed by atoms with Crippen molar-refractivity contribution < 1.29 is 4.79 Å². The minimum Gasteiger partial charge on any atom is -0.353 e. The molecule has 0 aromatic carbocycles. The molecule has 1 N–H and O–H groups in total. The molecule has 0 radical (unpaired) electrons. The lowest BCUT2D eigenvalue weighted by molar-refractivity contribution is -0.122. The van der Waals surface area contributed by atoms with Gasteiger partial charge in [-0.1, -0.05) is 0 Å². The van der Waals surface area contributed by atoms with Crippen LogP contribution in [0, 0.1) is 0 Å². The van der Waals surface area contributed by atoms with Gasteiger partial charge in [-0.25, -0.2) is 4.98 Å². The van der Waals surface area contributed by atoms with Gasteiger partial charge in [0.1, 0.15) is 11.9 Å². The molecule has 1 saturated heterocycles. The third kappa shape index (κ3) is 2.12. The number of rotatable bonds is 1. The Hall–Kier alpha value is -1.10. The first-order chi connectivity index (χ1) is 7.18. The quantitative estimate of drug-likeness (QED) is 0.833. The number of pyridine rings is 1. The van der Waals surface area contributed by atoms with E-state index in [4.69, 9.17) is 0 Å². The minimum absolute atomic E-state index is 0.0611. The van der Waals surface area contributed by atoms with Crippen molar-refractivity contribution in [3.63, 3.8) is 0 Å². The summed E-state index contributed by atoms with van der Waals surface area (Å²) in [4.78, 5) is 17.7. The van der Waals surface area contributed by atoms with Gasteiger partial charge in [0.2, 0.25) is 5.91 Å². The summed E-state index contributed by atoms with van der Waals surface area (Å²) >= 11 is 3.34. The Kier molecular flexibility index (Phi) is 2.90. The van der Waals surface area contributed by atoms with Crippen LogP contribution in [0.25, 0.3) is 0 Å². The van der Waals surface area contributed by atoms with E-state index in [0.717, 1.165) is 16.8 Å². The number of nitrogens with zero attached hydrogens (tertiary/aromatic N) is 2. The number of halogens is 1. The second-order valence-electron chi connectivity index (χ2n) is 3.50. The van der Waals surface area contributed by atoms with Crippen molar-refractivity contribution >= 4 is 27.7 Å². The molecule has 2 rings (SSSR count). The molecule has 2 heterocycles. The molecule has 1 aromatic heterocycles. The Balaban J connectivity index is 2.22. The van der Waals surface area contributed by atoms with Gasteiger partial charge in [-0.05, 0) is 35.0 Å². The van der Waals surface area contributed by atoms with Gasteiger partial charge in [0.05, 0.1) is 0 Å². The topological polar surface area (TPSA) is 45.2 Å². The smallest absolute Gasteiger partial charge is 0.242 e. The van der Waals surface area contributed by atoms with Crippen LogP contribution in [-0.4, -0.2) is 30.0 Å². The second kappa shape index (κ2) is 4.18. The molecule has 80 valence electrons. The molecule has 5 heteroatoms. The number of carbonyl (C=O) groups is 1. The number of nitrogens with one attached hydrogen (secondary N) is 1. The van der Waals surface area contributed by atoms with Crippen molar-refractivity contribution in [3.8, 4) is 0 Å². The molecule has 4 nitrogen and oxygen atoms in total. The van der Waals surface area contributed by atoms with Crippen molar-refractivity contribution in [1.82, 2.24) is 10.3 Å². The van der Waals surface area contributed by atoms with E-state index in [1.807, 2.05) is 24.0 Å². The Morgan fingerprint density at radius 1 is 1.60 bits per heavy atom. The Labute approximate surface area is 96.8 Å². The fourth-order valence-electron chi connectivity index (χ4n) is 1.63. The first kappa shape index (κ1) is 10.4. The lowest BCUT2D eigenvalue weighted by Crippen LogP contribution is -2.54. The summed E-state index contributed by atoms with van der Waals surface area (Å²) in [5, 5.41) is 2.83. The molecule has 0 bridgehead atoms. The highest BCUT2D eigenvalue weighted by Gasteiger charge is 2.25. The van der Waals surface area contributed by atoms with Crippen LogP contribution in [0.1, 0.15) is 6.92 Å². The Bertz CT molecular complexity index is 365. The molecule has 1 atom stereocenters. The second-order valence-corrected chi connectivity index (χ2v) is 4.41. The molecular weight excluding hydrogens is 258 g/mol. The predicted octanol–water partition coefficient (Wildman–Crippen LogP) is 1.17. The number of hydrogen-bond donors (Lipinski definition) is 1. The highest BCUT2D eigenvalue weighted by Crippen LogP contribution is 2.18. The number of piperazine rings is 1. The first-order valence-electron chi connectivity index (χ1n) is 4.84. The minimum atomic E-state index is -0.146. The highest BCUT2D eigenvalue weighted by atomic mass is 79.9. The van der Waals surface area contributed by atoms with Crippen LogP contribution in [0.5, 0.6) is 0 Å². The third-order valence-corrected chi connectivity index (χ3v) is 2.97. The average molecular weight is 270 g/mol. The summed E-state index contributed by atoms with van der Waals surface area (Å²) in [6.07, 6.45) is 1.74. The van der Waals surface area contributed by atoms with E-state index in [1.54, 1.807) is 6.20 Å². The van der Waals surface area contributed by atoms with Gasteiger partial charge in [-0.15, -0.1) is 0 Å². The zero-order chi connectivity index (χ0) is 10.8. The van der Waals surface area contributed by atoms with E-state index >= 15 is 0 Å². The molecule has 1 aliphatic heterocycles. The predicted molar refractivity (Wildman–Crippen MR) is 61.8 cm³/mol. The van der Waals surface area contributed by atoms with Gasteiger partial charge in [0.25, 0.3) is 0 Å². The SMILES string of the molecule is CC1C(=O)NCCN1c1ccc(Br)cn1. The summed E-state index contributed by atoms with van der Waals surface area (Å²) in [6.45, 7) is 3.38. The van der Waals surface area contributed by atoms with Crippen LogP contribution in [0.4, 0.5) is 5.82 Å². The summed E-state index contributed by atoms with van der Waals surface area (Å²) < 4.78 is 0.945. The van der Waals surface area contributed by atoms with E-state index in [-0.39, 0.29) is 11.9 Å². The first-order valence-corrected chi connectivity index (χ1v) is 5.63. The fourth-order valence-corrected chi connectivity index (χ4v) is 1.87. The van der Waals surface area contributed by atoms with Crippen LogP contribution >= 0.6 is 15.9 Å². The molecule has 1 amide bonds. The van der Waals surface area contributed by atoms with Gasteiger partial charge in [0.15, 0.2) is 0 Å². The molecule has 0 saturated carbocycles. The van der Waals surface area contributed by atoms with Crippen LogP contribution in [0.2, 0.25) is 0 Å². The van der Waals surface area contributed by atoms with Crippen LogP contribution < -0.4 is 10.2 Å². The molecule has 0 spiro atoms. The van der Waals surface area contributed by atoms with E-state index in [1.165, 1.54) is 0 Å². The Morgan fingerprint density at radius 2 is 2.40 bits per heavy atom. The van der Waals surface area contributed by atoms with E-state index in [0.29, 0.717) is 6.54 Å². The summed E-state index contributed by atoms with van der Waals surface area (Å²) in [5.74, 6) is 0.909. The number of hydrogen-bond acceptors (Lipinski definition) is 3. The fraction of sp³-hybridized carbons (Fsp3) is 0.400. The summed E-state index contributed by atoms with van der Waals surface area (Å²) in [5.41, 5.74) is 0. The monoisotopic (exact) mass is 269 g/mol. The third-order valence-electron chi connectivity index (χ3n) is 2.50. The lowest BCUT2D eigenvalue weighted by Gasteiger charge is -2.33. The van der Waals surface area contributed by atoms with Crippen LogP contribution in [0.15, 0.2) is 22.8 Å². The van der Waals surface area contributed by atoms with Crippen molar-refractivity contribution in [1.29, 1.82) is 0 Å². The van der Waals surface area contributed by atoms with E-state index in [9.17, 15) is 4.79 Å². The van der Waals surface area contributed by atoms with Crippen molar-refractivity contribution in [2.24, 2.45) is 0 Å². The maximum atomic E-state index is 11.5. The van der Waals surface area contributed by atoms with E-state index < -0.39 is 0 Å². The van der Waals surface area contributed by atoms with Gasteiger partial charge >= 0.3 is 0 Å². The lowest BCUT2D eigenvalue weighted by atomic mass is 10.2. The van der Waals surface area contributed by atoms with Gasteiger partial charge in [0, 0.05) is 23.8 Å². The largest absolute Gasteiger partial charge is 0.353 e. The van der Waals surface area contributed by atoms with E-state index in [2.05, 4.69) is 26.2 Å². The number of anilines is 1. The standard InChI is InChI=1S/C10H12BrN3O/c1-7-10(15)12-4-5-14(7)9-3-2-8(11)6-13-9/h2-3,6-7H,4-5H2,1H3,(H,12,15). The summed E-state index contributed by atoms with van der Waals surface area (Å²) in [7, 11) is 0. The van der Waals surface area contributed by atoms with Crippen molar-refractivity contribution in [2.45, 2.75) is 13.0 Å². The maximum Gasteiger partial charge on any atom is 0.242 e. The molecule has 1 unspecified atom stereocenters. The van der Waals surface area contributed by atoms with Gasteiger partial charge in [-0.2, -0.15) is 0 Å². The summed E-state index contributed by atoms with van der Waals surface area (Å²) in [6, 6.07) is 3.70. The number of carbonyl (C=O) groups excluding carboxylic acids is 1. The highest BCUT2D eigenvalue weighted by molar-refractivity contribution is 9.10. The maximum absolute atomic E-state index is 11.5.